The van der Waals surface area contributed by atoms with E-state index in [1.807, 2.05) is 25.1 Å². The Labute approximate surface area is 138 Å². The maximum atomic E-state index is 11.8. The molecule has 0 unspecified atom stereocenters. The average Bonchev–Trinajstić information content (AvgIpc) is 3.02. The first kappa shape index (κ1) is 16.7. The van der Waals surface area contributed by atoms with Crippen LogP contribution in [0.15, 0.2) is 42.3 Å². The number of nitrogens with one attached hydrogen (secondary N) is 2. The van der Waals surface area contributed by atoms with Crippen molar-refractivity contribution in [3.05, 3.63) is 53.6 Å². The number of amides is 1. The lowest BCUT2D eigenvalue weighted by molar-refractivity contribution is -0.119. The van der Waals surface area contributed by atoms with Gasteiger partial charge in [-0.3, -0.25) is 4.79 Å². The number of hydrogen-bond acceptors (Lipinski definition) is 6. The van der Waals surface area contributed by atoms with E-state index in [0.717, 1.165) is 5.56 Å². The van der Waals surface area contributed by atoms with E-state index >= 15 is 0 Å². The molecule has 2 aromatic rings. The Balaban J connectivity index is 1.84. The molecule has 120 valence electrons. The molecule has 0 aliphatic carbocycles. The van der Waals surface area contributed by atoms with Gasteiger partial charge >= 0.3 is 5.97 Å². The molecule has 2 rings (SSSR count). The molecular weight excluding hydrogens is 314 g/mol. The average molecular weight is 331 g/mol. The molecule has 7 heteroatoms. The van der Waals surface area contributed by atoms with Crippen molar-refractivity contribution >= 4 is 34.0 Å². The van der Waals surface area contributed by atoms with Crippen LogP contribution in [0.5, 0.6) is 0 Å². The number of carbonyl (C=O) groups excluding carboxylic acids is 2. The van der Waals surface area contributed by atoms with Crippen LogP contribution in [0.2, 0.25) is 0 Å². The van der Waals surface area contributed by atoms with Gasteiger partial charge in [0.25, 0.3) is 5.91 Å². The molecule has 0 radical (unpaired) electrons. The van der Waals surface area contributed by atoms with Crippen LogP contribution < -0.4 is 10.6 Å². The lowest BCUT2D eigenvalue weighted by Gasteiger charge is -2.08. The highest BCUT2D eigenvalue weighted by Gasteiger charge is 2.14. The first-order valence-corrected chi connectivity index (χ1v) is 7.81. The van der Waals surface area contributed by atoms with Crippen LogP contribution in [0.1, 0.15) is 16.1 Å². The number of carbonyl (C=O) groups is 2. The zero-order valence-electron chi connectivity index (χ0n) is 12.7. The van der Waals surface area contributed by atoms with Gasteiger partial charge in [-0.1, -0.05) is 24.3 Å². The van der Waals surface area contributed by atoms with Gasteiger partial charge in [0.15, 0.2) is 17.4 Å². The molecule has 0 aliphatic rings. The summed E-state index contributed by atoms with van der Waals surface area (Å²) in [5.74, 6) is -1.03. The highest BCUT2D eigenvalue weighted by Crippen LogP contribution is 2.16. The Kier molecular flexibility index (Phi) is 5.87. The number of para-hydroxylation sites is 1. The summed E-state index contributed by atoms with van der Waals surface area (Å²) in [6.07, 6.45) is 1.69. The highest BCUT2D eigenvalue weighted by molar-refractivity contribution is 7.13. The third-order valence-electron chi connectivity index (χ3n) is 2.86. The van der Waals surface area contributed by atoms with Crippen LogP contribution in [-0.4, -0.2) is 30.0 Å². The number of benzene rings is 1. The molecule has 23 heavy (non-hydrogen) atoms. The molecule has 0 fully saturated rings. The lowest BCUT2D eigenvalue weighted by Crippen LogP contribution is -2.21. The maximum Gasteiger partial charge on any atom is 0.358 e. The second-order valence-corrected chi connectivity index (χ2v) is 5.50. The number of ether oxygens (including phenoxy) is 1. The zero-order chi connectivity index (χ0) is 16.7. The van der Waals surface area contributed by atoms with Crippen molar-refractivity contribution in [2.45, 2.75) is 6.92 Å². The summed E-state index contributed by atoms with van der Waals surface area (Å²) in [7, 11) is 0. The van der Waals surface area contributed by atoms with Crippen LogP contribution >= 0.6 is 11.3 Å². The first-order valence-electron chi connectivity index (χ1n) is 6.93. The Morgan fingerprint density at radius 3 is 2.91 bits per heavy atom. The molecule has 0 saturated heterocycles. The van der Waals surface area contributed by atoms with E-state index in [1.54, 1.807) is 17.5 Å². The van der Waals surface area contributed by atoms with Crippen LogP contribution in [0.3, 0.4) is 0 Å². The fourth-order valence-electron chi connectivity index (χ4n) is 1.71. The zero-order valence-corrected chi connectivity index (χ0v) is 13.5. The lowest BCUT2D eigenvalue weighted by atomic mass is 10.2. The minimum atomic E-state index is -0.632. The van der Waals surface area contributed by atoms with Gasteiger partial charge in [-0.2, -0.15) is 0 Å². The smallest absolute Gasteiger partial charge is 0.358 e. The van der Waals surface area contributed by atoms with Gasteiger partial charge in [0.2, 0.25) is 0 Å². The molecule has 0 aliphatic heterocycles. The number of anilines is 2. The van der Waals surface area contributed by atoms with E-state index in [1.165, 1.54) is 11.3 Å². The van der Waals surface area contributed by atoms with Crippen LogP contribution in [0.25, 0.3) is 0 Å². The molecular formula is C16H17N3O3S. The largest absolute Gasteiger partial charge is 0.451 e. The number of hydrogen-bond donors (Lipinski definition) is 2. The normalized spacial score (nSPS) is 9.96. The van der Waals surface area contributed by atoms with E-state index in [0.29, 0.717) is 17.4 Å². The van der Waals surface area contributed by atoms with Crippen LogP contribution in [-0.2, 0) is 9.53 Å². The fourth-order valence-corrected chi connectivity index (χ4v) is 2.40. The van der Waals surface area contributed by atoms with E-state index in [2.05, 4.69) is 22.2 Å². The minimum absolute atomic E-state index is 0.172. The summed E-state index contributed by atoms with van der Waals surface area (Å²) in [6, 6.07) is 7.37. The van der Waals surface area contributed by atoms with Crippen molar-refractivity contribution in [2.75, 3.05) is 23.8 Å². The Morgan fingerprint density at radius 2 is 2.17 bits per heavy atom. The van der Waals surface area contributed by atoms with Gasteiger partial charge in [-0.05, 0) is 18.6 Å². The van der Waals surface area contributed by atoms with Gasteiger partial charge in [0.1, 0.15) is 0 Å². The van der Waals surface area contributed by atoms with Gasteiger partial charge in [0.05, 0.1) is 0 Å². The summed E-state index contributed by atoms with van der Waals surface area (Å²) >= 11 is 1.29. The standard InChI is InChI=1S/C16H17N3O3S/c1-3-8-17-16-19-13(10-23-16)15(21)22-9-14(20)18-12-7-5-4-6-11(12)2/h3-7,10H,1,8-9H2,2H3,(H,17,19)(H,18,20). The van der Waals surface area contributed by atoms with Gasteiger partial charge in [0, 0.05) is 17.6 Å². The number of rotatable bonds is 7. The van der Waals surface area contributed by atoms with Crippen molar-refractivity contribution in [3.63, 3.8) is 0 Å². The van der Waals surface area contributed by atoms with Crippen molar-refractivity contribution < 1.29 is 14.3 Å². The number of thiazole rings is 1. The van der Waals surface area contributed by atoms with E-state index in [-0.39, 0.29) is 12.3 Å². The predicted octanol–water partition coefficient (Wildman–Crippen LogP) is 2.84. The molecule has 0 atom stereocenters. The monoisotopic (exact) mass is 331 g/mol. The molecule has 0 saturated carbocycles. The Morgan fingerprint density at radius 1 is 1.39 bits per heavy atom. The Bertz CT molecular complexity index is 712. The summed E-state index contributed by atoms with van der Waals surface area (Å²) in [6.45, 7) is 5.66. The third-order valence-corrected chi connectivity index (χ3v) is 3.66. The SMILES string of the molecule is C=CCNc1nc(C(=O)OCC(=O)Nc2ccccc2C)cs1. The quantitative estimate of drug-likeness (QED) is 0.602. The fraction of sp³-hybridized carbons (Fsp3) is 0.188. The second kappa shape index (κ2) is 8.09. The van der Waals surface area contributed by atoms with E-state index in [9.17, 15) is 9.59 Å². The number of esters is 1. The second-order valence-electron chi connectivity index (χ2n) is 4.65. The predicted molar refractivity (Wildman–Crippen MR) is 90.9 cm³/mol. The molecule has 0 bridgehead atoms. The van der Waals surface area contributed by atoms with Gasteiger partial charge in [-0.15, -0.1) is 17.9 Å². The summed E-state index contributed by atoms with van der Waals surface area (Å²) in [5.41, 5.74) is 1.80. The van der Waals surface area contributed by atoms with Crippen LogP contribution in [0, 0.1) is 6.92 Å². The van der Waals surface area contributed by atoms with Crippen molar-refractivity contribution in [3.8, 4) is 0 Å². The van der Waals surface area contributed by atoms with Crippen molar-refractivity contribution in [2.24, 2.45) is 0 Å². The molecule has 1 aromatic heterocycles. The molecule has 2 N–H and O–H groups in total. The summed E-state index contributed by atoms with van der Waals surface area (Å²) in [5, 5.41) is 7.84. The van der Waals surface area contributed by atoms with E-state index < -0.39 is 11.9 Å². The topological polar surface area (TPSA) is 80.3 Å². The molecule has 0 spiro atoms. The van der Waals surface area contributed by atoms with Crippen LogP contribution in [0.4, 0.5) is 10.8 Å². The number of aromatic nitrogens is 1. The van der Waals surface area contributed by atoms with E-state index in [4.69, 9.17) is 4.74 Å². The third kappa shape index (κ3) is 4.93. The summed E-state index contributed by atoms with van der Waals surface area (Å²) in [4.78, 5) is 27.7. The van der Waals surface area contributed by atoms with Crippen molar-refractivity contribution in [1.29, 1.82) is 0 Å². The highest BCUT2D eigenvalue weighted by atomic mass is 32.1. The van der Waals surface area contributed by atoms with Gasteiger partial charge in [-0.25, -0.2) is 9.78 Å². The molecule has 6 nitrogen and oxygen atoms in total. The maximum absolute atomic E-state index is 11.8. The molecule has 1 heterocycles. The first-order chi connectivity index (χ1) is 11.1. The molecule has 1 aromatic carbocycles. The minimum Gasteiger partial charge on any atom is -0.451 e. The number of nitrogens with zero attached hydrogens (tertiary/aromatic N) is 1. The summed E-state index contributed by atoms with van der Waals surface area (Å²) < 4.78 is 4.97. The number of aryl methyl sites for hydroxylation is 1. The van der Waals surface area contributed by atoms with Crippen molar-refractivity contribution in [1.82, 2.24) is 4.98 Å². The van der Waals surface area contributed by atoms with Gasteiger partial charge < -0.3 is 15.4 Å². The molecule has 1 amide bonds. The Hall–Kier alpha value is -2.67.